The van der Waals surface area contributed by atoms with E-state index < -0.39 is 40.8 Å². The SMILES string of the molecule is CCC(CC(CC(C)C(=O)[O-])C(=O)OCCO)c1ccc(CCCCC(=O)NCCOS(=O)(=O)[O-])cn1.[Na+].[Na+]. The number of hydrogen-bond acceptors (Lipinski definition) is 11. The predicted octanol–water partition coefficient (Wildman–Crippen LogP) is -5.79. The summed E-state index contributed by atoms with van der Waals surface area (Å²) >= 11 is 0. The van der Waals surface area contributed by atoms with Gasteiger partial charge < -0.3 is 29.6 Å². The van der Waals surface area contributed by atoms with Gasteiger partial charge in [-0.05, 0) is 56.1 Å². The third kappa shape index (κ3) is 18.4. The monoisotopic (exact) mass is 590 g/mol. The number of nitrogens with one attached hydrogen (secondary N) is 1. The number of unbranched alkanes of at least 4 members (excludes halogenated alkanes) is 1. The molecule has 210 valence electrons. The number of amides is 1. The number of rotatable bonds is 19. The number of carbonyl (C=O) groups is 3. The van der Waals surface area contributed by atoms with Gasteiger partial charge in [-0.25, -0.2) is 8.42 Å². The van der Waals surface area contributed by atoms with Crippen molar-refractivity contribution in [2.24, 2.45) is 11.8 Å². The number of carboxylic acids is 1. The van der Waals surface area contributed by atoms with E-state index in [2.05, 4.69) is 14.5 Å². The summed E-state index contributed by atoms with van der Waals surface area (Å²) in [6, 6.07) is 3.80. The first-order valence-corrected chi connectivity index (χ1v) is 13.6. The fraction of sp³-hybridized carbons (Fsp3) is 0.667. The van der Waals surface area contributed by atoms with Crippen molar-refractivity contribution < 1.29 is 106 Å². The van der Waals surface area contributed by atoms with E-state index in [4.69, 9.17) is 9.84 Å². The number of carbonyl (C=O) groups excluding carboxylic acids is 3. The average molecular weight is 591 g/mol. The maximum Gasteiger partial charge on any atom is 1.00 e. The minimum atomic E-state index is -4.77. The summed E-state index contributed by atoms with van der Waals surface area (Å²) in [7, 11) is -4.77. The molecule has 1 heterocycles. The summed E-state index contributed by atoms with van der Waals surface area (Å²) in [5.41, 5.74) is 1.74. The maximum atomic E-state index is 12.5. The first-order valence-electron chi connectivity index (χ1n) is 12.3. The Morgan fingerprint density at radius 3 is 2.36 bits per heavy atom. The van der Waals surface area contributed by atoms with E-state index in [1.165, 1.54) is 6.92 Å². The number of aliphatic hydroxyl groups is 1. The molecule has 3 atom stereocenters. The maximum absolute atomic E-state index is 12.5. The second-order valence-corrected chi connectivity index (χ2v) is 9.82. The van der Waals surface area contributed by atoms with Gasteiger partial charge in [-0.3, -0.25) is 18.8 Å². The number of aliphatic hydroxyl groups excluding tert-OH is 1. The van der Waals surface area contributed by atoms with Crippen LogP contribution in [0.5, 0.6) is 0 Å². The molecule has 1 rings (SSSR count). The Kier molecular flexibility index (Phi) is 22.9. The quantitative estimate of drug-likeness (QED) is 0.0512. The molecule has 3 unspecified atom stereocenters. The molecule has 0 aliphatic carbocycles. The van der Waals surface area contributed by atoms with Gasteiger partial charge in [0.15, 0.2) is 0 Å². The Balaban J connectivity index is 0. The van der Waals surface area contributed by atoms with E-state index in [0.717, 1.165) is 17.7 Å². The number of carboxylic acid groups (broad SMARTS) is 1. The van der Waals surface area contributed by atoms with Crippen LogP contribution < -0.4 is 69.5 Å². The molecule has 0 saturated carbocycles. The molecule has 0 saturated heterocycles. The van der Waals surface area contributed by atoms with Gasteiger partial charge in [0.05, 0.1) is 19.1 Å². The first-order chi connectivity index (χ1) is 17.5. The zero-order valence-corrected chi connectivity index (χ0v) is 28.0. The largest absolute Gasteiger partial charge is 1.00 e. The Bertz CT molecular complexity index is 964. The van der Waals surface area contributed by atoms with Crippen LogP contribution in [0.3, 0.4) is 0 Å². The van der Waals surface area contributed by atoms with Crippen LogP contribution >= 0.6 is 0 Å². The van der Waals surface area contributed by atoms with Crippen molar-refractivity contribution in [3.63, 3.8) is 0 Å². The van der Waals surface area contributed by atoms with Crippen molar-refractivity contribution in [2.45, 2.75) is 64.7 Å². The zero-order chi connectivity index (χ0) is 27.8. The third-order valence-corrected chi connectivity index (χ3v) is 6.26. The Morgan fingerprint density at radius 2 is 1.82 bits per heavy atom. The van der Waals surface area contributed by atoms with E-state index in [1.54, 1.807) is 6.20 Å². The van der Waals surface area contributed by atoms with Crippen LogP contribution in [0.15, 0.2) is 18.3 Å². The molecule has 0 spiro atoms. The molecule has 39 heavy (non-hydrogen) atoms. The van der Waals surface area contributed by atoms with Crippen molar-refractivity contribution in [3.8, 4) is 0 Å². The van der Waals surface area contributed by atoms with Crippen LogP contribution in [0.4, 0.5) is 0 Å². The number of aromatic nitrogens is 1. The van der Waals surface area contributed by atoms with E-state index in [9.17, 15) is 32.5 Å². The molecule has 1 amide bonds. The summed E-state index contributed by atoms with van der Waals surface area (Å²) < 4.78 is 40.0. The Hall–Kier alpha value is -0.610. The van der Waals surface area contributed by atoms with Gasteiger partial charge in [0.1, 0.15) is 6.61 Å². The molecule has 2 N–H and O–H groups in total. The van der Waals surface area contributed by atoms with Crippen molar-refractivity contribution in [1.29, 1.82) is 0 Å². The molecule has 0 aliphatic rings. The number of aryl methyl sites for hydroxylation is 1. The number of pyridine rings is 1. The van der Waals surface area contributed by atoms with Crippen LogP contribution in [-0.2, 0) is 40.1 Å². The van der Waals surface area contributed by atoms with Gasteiger partial charge in [-0.15, -0.1) is 0 Å². The summed E-state index contributed by atoms with van der Waals surface area (Å²) in [4.78, 5) is 39.9. The second-order valence-electron chi connectivity index (χ2n) is 8.76. The van der Waals surface area contributed by atoms with E-state index in [0.29, 0.717) is 25.7 Å². The summed E-state index contributed by atoms with van der Waals surface area (Å²) in [5, 5.41) is 22.6. The normalized spacial score (nSPS) is 13.2. The average Bonchev–Trinajstić information content (AvgIpc) is 2.85. The molecule has 1 aromatic heterocycles. The van der Waals surface area contributed by atoms with Crippen LogP contribution in [0.1, 0.15) is 69.5 Å². The van der Waals surface area contributed by atoms with Gasteiger partial charge in [-0.1, -0.05) is 19.9 Å². The third-order valence-electron chi connectivity index (χ3n) is 5.81. The number of nitrogens with zero attached hydrogens (tertiary/aromatic N) is 1. The molecule has 0 fully saturated rings. The first kappa shape index (κ1) is 40.5. The van der Waals surface area contributed by atoms with Crippen LogP contribution in [-0.4, -0.2) is 67.3 Å². The van der Waals surface area contributed by atoms with Gasteiger partial charge in [0.2, 0.25) is 16.3 Å². The van der Waals surface area contributed by atoms with Gasteiger partial charge in [-0.2, -0.15) is 0 Å². The fourth-order valence-electron chi connectivity index (χ4n) is 3.78. The van der Waals surface area contributed by atoms with E-state index in [-0.39, 0.29) is 104 Å². The molecular weight excluding hydrogens is 554 g/mol. The standard InChI is InChI=1S/C24H38N2O10S.2Na/c1-3-19(15-20(14-17(2)23(29)30)24(31)35-13-11-27)21-9-8-18(16-26-21)6-4-5-7-22(28)25-10-12-36-37(32,33)34;;/h8-9,16-17,19-20,27H,3-7,10-15H2,1-2H3,(H,25,28)(H,29,30)(H,32,33,34);;/q;2*+1/p-2. The molecule has 0 aromatic carbocycles. The van der Waals surface area contributed by atoms with Crippen molar-refractivity contribution in [1.82, 2.24) is 10.3 Å². The summed E-state index contributed by atoms with van der Waals surface area (Å²) in [5.74, 6) is -3.66. The van der Waals surface area contributed by atoms with Crippen molar-refractivity contribution >= 4 is 28.2 Å². The zero-order valence-electron chi connectivity index (χ0n) is 23.2. The van der Waals surface area contributed by atoms with Gasteiger partial charge in [0.25, 0.3) is 0 Å². The summed E-state index contributed by atoms with van der Waals surface area (Å²) in [6.45, 7) is 2.49. The minimum absolute atomic E-state index is 0. The smallest absolute Gasteiger partial charge is 0.726 e. The van der Waals surface area contributed by atoms with Crippen LogP contribution in [0, 0.1) is 11.8 Å². The van der Waals surface area contributed by atoms with Crippen LogP contribution in [0.2, 0.25) is 0 Å². The molecule has 0 aliphatic heterocycles. The fourth-order valence-corrected chi connectivity index (χ4v) is 4.07. The van der Waals surface area contributed by atoms with Crippen LogP contribution in [0.25, 0.3) is 0 Å². The van der Waals surface area contributed by atoms with E-state index >= 15 is 0 Å². The minimum Gasteiger partial charge on any atom is -0.726 e. The summed E-state index contributed by atoms with van der Waals surface area (Å²) in [6.07, 6.45) is 5.08. The Morgan fingerprint density at radius 1 is 1.13 bits per heavy atom. The molecule has 0 bridgehead atoms. The molecule has 12 nitrogen and oxygen atoms in total. The van der Waals surface area contributed by atoms with Gasteiger partial charge in [0, 0.05) is 36.7 Å². The Labute approximate surface area is 274 Å². The van der Waals surface area contributed by atoms with Gasteiger partial charge >= 0.3 is 65.1 Å². The topological polar surface area (TPSA) is 195 Å². The number of hydrogen-bond donors (Lipinski definition) is 2. The molecule has 0 radical (unpaired) electrons. The van der Waals surface area contributed by atoms with Crippen molar-refractivity contribution in [3.05, 3.63) is 29.6 Å². The number of ether oxygens (including phenoxy) is 1. The predicted molar refractivity (Wildman–Crippen MR) is 128 cm³/mol. The molecule has 1 aromatic rings. The second kappa shape index (κ2) is 22.0. The molecule has 15 heteroatoms. The van der Waals surface area contributed by atoms with Crippen molar-refractivity contribution in [2.75, 3.05) is 26.4 Å². The molecular formula is C24H36N2Na2O10S. The number of esters is 1. The van der Waals surface area contributed by atoms with E-state index in [1.807, 2.05) is 19.1 Å². The number of aliphatic carboxylic acids is 1.